The standard InChI is InChI=1S/C18H22O/c1-11-7-17(8-12(2)15(11)5)19-18-9-13(3)16(6)14(4)10-18/h7-10H,1-6H3. The van der Waals surface area contributed by atoms with Crippen molar-refractivity contribution in [2.24, 2.45) is 0 Å². The fourth-order valence-corrected chi connectivity index (χ4v) is 2.25. The predicted octanol–water partition coefficient (Wildman–Crippen LogP) is 5.33. The third kappa shape index (κ3) is 2.81. The Kier molecular flexibility index (Phi) is 3.66. The summed E-state index contributed by atoms with van der Waals surface area (Å²) < 4.78 is 6.01. The summed E-state index contributed by atoms with van der Waals surface area (Å²) in [6.45, 7) is 12.8. The van der Waals surface area contributed by atoms with E-state index in [0.29, 0.717) is 0 Å². The summed E-state index contributed by atoms with van der Waals surface area (Å²) in [6, 6.07) is 8.42. The summed E-state index contributed by atoms with van der Waals surface area (Å²) in [5.41, 5.74) is 7.77. The summed E-state index contributed by atoms with van der Waals surface area (Å²) in [4.78, 5) is 0. The molecule has 2 rings (SSSR count). The molecule has 0 aromatic heterocycles. The maximum Gasteiger partial charge on any atom is 0.127 e. The van der Waals surface area contributed by atoms with Gasteiger partial charge in [0.25, 0.3) is 0 Å². The van der Waals surface area contributed by atoms with Gasteiger partial charge in [0.15, 0.2) is 0 Å². The van der Waals surface area contributed by atoms with Crippen molar-refractivity contribution in [3.8, 4) is 11.5 Å². The zero-order chi connectivity index (χ0) is 14.2. The van der Waals surface area contributed by atoms with Crippen LogP contribution in [0.1, 0.15) is 33.4 Å². The lowest BCUT2D eigenvalue weighted by Gasteiger charge is -2.13. The van der Waals surface area contributed by atoms with Crippen LogP contribution < -0.4 is 4.74 Å². The minimum atomic E-state index is 0.920. The Morgan fingerprint density at radius 3 is 1.05 bits per heavy atom. The molecule has 0 bridgehead atoms. The van der Waals surface area contributed by atoms with Crippen LogP contribution in [0, 0.1) is 41.5 Å². The number of ether oxygens (including phenoxy) is 1. The summed E-state index contributed by atoms with van der Waals surface area (Å²) >= 11 is 0. The van der Waals surface area contributed by atoms with Gasteiger partial charge in [0.05, 0.1) is 0 Å². The average Bonchev–Trinajstić information content (AvgIpc) is 2.33. The fourth-order valence-electron chi connectivity index (χ4n) is 2.25. The predicted molar refractivity (Wildman–Crippen MR) is 81.4 cm³/mol. The normalized spacial score (nSPS) is 10.6. The number of hydrogen-bond acceptors (Lipinski definition) is 1. The Balaban J connectivity index is 2.36. The highest BCUT2D eigenvalue weighted by molar-refractivity contribution is 5.45. The molecule has 100 valence electrons. The van der Waals surface area contributed by atoms with Gasteiger partial charge in [-0.2, -0.15) is 0 Å². The van der Waals surface area contributed by atoms with E-state index in [-0.39, 0.29) is 0 Å². The highest BCUT2D eigenvalue weighted by Gasteiger charge is 2.06. The maximum atomic E-state index is 6.01. The van der Waals surface area contributed by atoms with Crippen molar-refractivity contribution < 1.29 is 4.74 Å². The van der Waals surface area contributed by atoms with Crippen molar-refractivity contribution in [2.75, 3.05) is 0 Å². The first-order valence-corrected chi connectivity index (χ1v) is 6.72. The van der Waals surface area contributed by atoms with E-state index in [1.807, 2.05) is 0 Å². The Hall–Kier alpha value is -1.76. The zero-order valence-corrected chi connectivity index (χ0v) is 12.7. The van der Waals surface area contributed by atoms with E-state index in [4.69, 9.17) is 4.74 Å². The van der Waals surface area contributed by atoms with Gasteiger partial charge in [0.1, 0.15) is 11.5 Å². The second-order valence-corrected chi connectivity index (χ2v) is 5.47. The molecule has 0 spiro atoms. The average molecular weight is 254 g/mol. The molecule has 0 aliphatic rings. The van der Waals surface area contributed by atoms with Crippen molar-refractivity contribution in [1.82, 2.24) is 0 Å². The molecule has 0 heterocycles. The van der Waals surface area contributed by atoms with Gasteiger partial charge < -0.3 is 4.74 Å². The summed E-state index contributed by atoms with van der Waals surface area (Å²) in [6.07, 6.45) is 0. The third-order valence-electron chi connectivity index (χ3n) is 4.04. The second-order valence-electron chi connectivity index (χ2n) is 5.47. The summed E-state index contributed by atoms with van der Waals surface area (Å²) in [5.74, 6) is 1.84. The molecule has 0 aliphatic carbocycles. The van der Waals surface area contributed by atoms with E-state index < -0.39 is 0 Å². The van der Waals surface area contributed by atoms with Crippen molar-refractivity contribution in [3.63, 3.8) is 0 Å². The van der Waals surface area contributed by atoms with Gasteiger partial charge in [-0.05, 0) is 99.2 Å². The van der Waals surface area contributed by atoms with E-state index in [1.165, 1.54) is 33.4 Å². The minimum Gasteiger partial charge on any atom is -0.457 e. The van der Waals surface area contributed by atoms with Crippen molar-refractivity contribution in [2.45, 2.75) is 41.5 Å². The van der Waals surface area contributed by atoms with Gasteiger partial charge in [0, 0.05) is 0 Å². The van der Waals surface area contributed by atoms with E-state index in [1.54, 1.807) is 0 Å². The molecular formula is C18H22O. The van der Waals surface area contributed by atoms with Crippen LogP contribution in [0.2, 0.25) is 0 Å². The van der Waals surface area contributed by atoms with Crippen LogP contribution in [0.3, 0.4) is 0 Å². The minimum absolute atomic E-state index is 0.920. The van der Waals surface area contributed by atoms with E-state index in [2.05, 4.69) is 65.8 Å². The molecule has 0 fully saturated rings. The summed E-state index contributed by atoms with van der Waals surface area (Å²) in [7, 11) is 0. The maximum absolute atomic E-state index is 6.01. The Morgan fingerprint density at radius 2 is 0.789 bits per heavy atom. The smallest absolute Gasteiger partial charge is 0.127 e. The van der Waals surface area contributed by atoms with Crippen LogP contribution in [0.15, 0.2) is 24.3 Å². The molecule has 0 N–H and O–H groups in total. The summed E-state index contributed by atoms with van der Waals surface area (Å²) in [5, 5.41) is 0. The van der Waals surface area contributed by atoms with Crippen LogP contribution in [-0.2, 0) is 0 Å². The lowest BCUT2D eigenvalue weighted by Crippen LogP contribution is -1.93. The van der Waals surface area contributed by atoms with Gasteiger partial charge in [0.2, 0.25) is 0 Å². The first-order chi connectivity index (χ1) is 8.88. The van der Waals surface area contributed by atoms with E-state index in [0.717, 1.165) is 11.5 Å². The molecule has 1 heteroatoms. The lowest BCUT2D eigenvalue weighted by atomic mass is 10.0. The van der Waals surface area contributed by atoms with Gasteiger partial charge in [-0.25, -0.2) is 0 Å². The van der Waals surface area contributed by atoms with Gasteiger partial charge >= 0.3 is 0 Å². The fraction of sp³-hybridized carbons (Fsp3) is 0.333. The van der Waals surface area contributed by atoms with Crippen LogP contribution in [0.5, 0.6) is 11.5 Å². The monoisotopic (exact) mass is 254 g/mol. The molecule has 0 unspecified atom stereocenters. The molecular weight excluding hydrogens is 232 g/mol. The molecule has 1 nitrogen and oxygen atoms in total. The van der Waals surface area contributed by atoms with Crippen molar-refractivity contribution in [1.29, 1.82) is 0 Å². The molecule has 2 aromatic rings. The van der Waals surface area contributed by atoms with Gasteiger partial charge in [-0.3, -0.25) is 0 Å². The Morgan fingerprint density at radius 1 is 0.526 bits per heavy atom. The number of aryl methyl sites for hydroxylation is 4. The molecule has 0 radical (unpaired) electrons. The molecule has 2 aromatic carbocycles. The highest BCUT2D eigenvalue weighted by atomic mass is 16.5. The van der Waals surface area contributed by atoms with E-state index in [9.17, 15) is 0 Å². The van der Waals surface area contributed by atoms with Crippen molar-refractivity contribution >= 4 is 0 Å². The van der Waals surface area contributed by atoms with Crippen LogP contribution in [-0.4, -0.2) is 0 Å². The van der Waals surface area contributed by atoms with Crippen LogP contribution in [0.4, 0.5) is 0 Å². The first kappa shape index (κ1) is 13.7. The van der Waals surface area contributed by atoms with E-state index >= 15 is 0 Å². The lowest BCUT2D eigenvalue weighted by molar-refractivity contribution is 0.480. The molecule has 0 saturated carbocycles. The van der Waals surface area contributed by atoms with Gasteiger partial charge in [-0.1, -0.05) is 0 Å². The molecule has 0 amide bonds. The number of rotatable bonds is 2. The third-order valence-corrected chi connectivity index (χ3v) is 4.04. The number of benzene rings is 2. The number of hydrogen-bond donors (Lipinski definition) is 0. The first-order valence-electron chi connectivity index (χ1n) is 6.72. The Bertz CT molecular complexity index is 522. The quantitative estimate of drug-likeness (QED) is 0.704. The van der Waals surface area contributed by atoms with Crippen LogP contribution in [0.25, 0.3) is 0 Å². The van der Waals surface area contributed by atoms with Crippen LogP contribution >= 0.6 is 0 Å². The van der Waals surface area contributed by atoms with Gasteiger partial charge in [-0.15, -0.1) is 0 Å². The highest BCUT2D eigenvalue weighted by Crippen LogP contribution is 2.28. The molecule has 0 atom stereocenters. The largest absolute Gasteiger partial charge is 0.457 e. The Labute approximate surface area is 116 Å². The molecule has 0 aliphatic heterocycles. The molecule has 0 saturated heterocycles. The topological polar surface area (TPSA) is 9.23 Å². The van der Waals surface area contributed by atoms with Crippen molar-refractivity contribution in [3.05, 3.63) is 57.6 Å². The molecule has 19 heavy (non-hydrogen) atoms. The zero-order valence-electron chi connectivity index (χ0n) is 12.7. The second kappa shape index (κ2) is 5.08. The SMILES string of the molecule is Cc1cc(Oc2cc(C)c(C)c(C)c2)cc(C)c1C.